The first-order valence-electron chi connectivity index (χ1n) is 7.49. The van der Waals surface area contributed by atoms with E-state index in [2.05, 4.69) is 15.7 Å². The van der Waals surface area contributed by atoms with E-state index in [4.69, 9.17) is 0 Å². The Kier molecular flexibility index (Phi) is 5.13. The van der Waals surface area contributed by atoms with Gasteiger partial charge in [-0.15, -0.1) is 0 Å². The Bertz CT molecular complexity index is 838. The number of hydrogen-bond acceptors (Lipinski definition) is 4. The zero-order chi connectivity index (χ0) is 17.9. The lowest BCUT2D eigenvalue weighted by Crippen LogP contribution is -2.31. The second kappa shape index (κ2) is 7.08. The number of amides is 2. The summed E-state index contributed by atoms with van der Waals surface area (Å²) in [5.41, 5.74) is 2.34. The van der Waals surface area contributed by atoms with Gasteiger partial charge in [-0.05, 0) is 37.1 Å². The van der Waals surface area contributed by atoms with Crippen LogP contribution in [0.25, 0.3) is 0 Å². The van der Waals surface area contributed by atoms with Gasteiger partial charge in [-0.1, -0.05) is 12.1 Å². The fourth-order valence-electron chi connectivity index (χ4n) is 2.24. The van der Waals surface area contributed by atoms with Gasteiger partial charge in [0.15, 0.2) is 0 Å². The zero-order valence-corrected chi connectivity index (χ0v) is 14.1. The van der Waals surface area contributed by atoms with E-state index < -0.39 is 11.5 Å². The van der Waals surface area contributed by atoms with Gasteiger partial charge in [-0.2, -0.15) is 5.10 Å². The number of nitrogens with one attached hydrogen (secondary N) is 2. The van der Waals surface area contributed by atoms with E-state index in [9.17, 15) is 14.4 Å². The van der Waals surface area contributed by atoms with E-state index in [1.54, 1.807) is 38.1 Å². The molecule has 24 heavy (non-hydrogen) atoms. The highest BCUT2D eigenvalue weighted by Crippen LogP contribution is 2.13. The third-order valence-electron chi connectivity index (χ3n) is 3.71. The summed E-state index contributed by atoms with van der Waals surface area (Å²) < 4.78 is 1.16. The Balaban J connectivity index is 2.19. The van der Waals surface area contributed by atoms with Gasteiger partial charge in [0.25, 0.3) is 11.5 Å². The average Bonchev–Trinajstić information content (AvgIpc) is 2.52. The number of aryl methyl sites for hydroxylation is 2. The lowest BCUT2D eigenvalue weighted by Gasteiger charge is -2.11. The number of hydrogen-bond donors (Lipinski definition) is 2. The van der Waals surface area contributed by atoms with Crippen molar-refractivity contribution in [2.75, 3.05) is 5.32 Å². The van der Waals surface area contributed by atoms with Crippen LogP contribution in [-0.4, -0.2) is 21.6 Å². The van der Waals surface area contributed by atoms with Crippen molar-refractivity contribution < 1.29 is 9.59 Å². The molecule has 7 nitrogen and oxygen atoms in total. The van der Waals surface area contributed by atoms with Gasteiger partial charge in [0, 0.05) is 26.2 Å². The van der Waals surface area contributed by atoms with Crippen LogP contribution in [0.15, 0.2) is 29.1 Å². The van der Waals surface area contributed by atoms with Crippen molar-refractivity contribution in [1.29, 1.82) is 0 Å². The van der Waals surface area contributed by atoms with Crippen molar-refractivity contribution in [3.8, 4) is 0 Å². The molecule has 2 amide bonds. The number of carbonyl (C=O) groups excluding carboxylic acids is 2. The fraction of sp³-hybridized carbons (Fsp3) is 0.294. The van der Waals surface area contributed by atoms with Crippen molar-refractivity contribution in [3.63, 3.8) is 0 Å². The molecule has 0 aliphatic carbocycles. The van der Waals surface area contributed by atoms with Crippen molar-refractivity contribution in [2.24, 2.45) is 7.05 Å². The van der Waals surface area contributed by atoms with Gasteiger partial charge < -0.3 is 10.6 Å². The molecule has 2 rings (SSSR count). The van der Waals surface area contributed by atoms with Crippen molar-refractivity contribution >= 4 is 17.5 Å². The Labute approximate surface area is 139 Å². The molecule has 126 valence electrons. The second-order valence-electron chi connectivity index (χ2n) is 5.57. The molecular formula is C17H20N4O3. The first kappa shape index (κ1) is 17.4. The number of benzene rings is 1. The Morgan fingerprint density at radius 1 is 1.17 bits per heavy atom. The summed E-state index contributed by atoms with van der Waals surface area (Å²) >= 11 is 0. The van der Waals surface area contributed by atoms with Gasteiger partial charge in [0.1, 0.15) is 5.56 Å². The molecule has 0 saturated carbocycles. The lowest BCUT2D eigenvalue weighted by atomic mass is 10.1. The molecule has 0 spiro atoms. The van der Waals surface area contributed by atoms with E-state index in [0.29, 0.717) is 23.5 Å². The van der Waals surface area contributed by atoms with Crippen LogP contribution in [0.5, 0.6) is 0 Å². The van der Waals surface area contributed by atoms with Crippen LogP contribution in [-0.2, 0) is 18.4 Å². The van der Waals surface area contributed by atoms with Gasteiger partial charge in [0.2, 0.25) is 5.91 Å². The largest absolute Gasteiger partial charge is 0.352 e. The standard InChI is InChI=1S/C17H20N4O3/c1-10-11(2)20-21(4)17(24)15(10)16(23)19-14-7-5-13(6-8-14)9-18-12(3)22/h5-8H,9H2,1-4H3,(H,18,22)(H,19,23). The predicted octanol–water partition coefficient (Wildman–Crippen LogP) is 1.29. The highest BCUT2D eigenvalue weighted by molar-refractivity contribution is 6.05. The predicted molar refractivity (Wildman–Crippen MR) is 90.9 cm³/mol. The first-order valence-corrected chi connectivity index (χ1v) is 7.49. The molecule has 7 heteroatoms. The second-order valence-corrected chi connectivity index (χ2v) is 5.57. The fourth-order valence-corrected chi connectivity index (χ4v) is 2.24. The topological polar surface area (TPSA) is 93.1 Å². The maximum atomic E-state index is 12.5. The summed E-state index contributed by atoms with van der Waals surface area (Å²) in [6.45, 7) is 5.33. The summed E-state index contributed by atoms with van der Waals surface area (Å²) in [4.78, 5) is 35.5. The first-order chi connectivity index (χ1) is 11.3. The SMILES string of the molecule is CC(=O)NCc1ccc(NC(=O)c2c(C)c(C)nn(C)c2=O)cc1. The summed E-state index contributed by atoms with van der Waals surface area (Å²) in [6.07, 6.45) is 0. The van der Waals surface area contributed by atoms with Gasteiger partial charge in [-0.3, -0.25) is 14.4 Å². The summed E-state index contributed by atoms with van der Waals surface area (Å²) in [5, 5.41) is 9.48. The Morgan fingerprint density at radius 3 is 2.38 bits per heavy atom. The maximum absolute atomic E-state index is 12.5. The van der Waals surface area contributed by atoms with Gasteiger partial charge in [0.05, 0.1) is 5.69 Å². The third kappa shape index (κ3) is 3.87. The Hall–Kier alpha value is -2.96. The molecule has 0 radical (unpaired) electrons. The number of rotatable bonds is 4. The molecule has 1 heterocycles. The third-order valence-corrected chi connectivity index (χ3v) is 3.71. The smallest absolute Gasteiger partial charge is 0.279 e. The highest BCUT2D eigenvalue weighted by Gasteiger charge is 2.18. The van der Waals surface area contributed by atoms with Gasteiger partial charge in [-0.25, -0.2) is 4.68 Å². The molecule has 0 saturated heterocycles. The minimum Gasteiger partial charge on any atom is -0.352 e. The van der Waals surface area contributed by atoms with Crippen molar-refractivity contribution in [3.05, 3.63) is 57.0 Å². The number of nitrogens with zero attached hydrogens (tertiary/aromatic N) is 2. The lowest BCUT2D eigenvalue weighted by molar-refractivity contribution is -0.119. The molecule has 2 N–H and O–H groups in total. The average molecular weight is 328 g/mol. The zero-order valence-electron chi connectivity index (χ0n) is 14.1. The monoisotopic (exact) mass is 328 g/mol. The maximum Gasteiger partial charge on any atom is 0.279 e. The van der Waals surface area contributed by atoms with Crippen LogP contribution in [0.2, 0.25) is 0 Å². The van der Waals surface area contributed by atoms with E-state index >= 15 is 0 Å². The minimum atomic E-state index is -0.465. The number of carbonyl (C=O) groups is 2. The van der Waals surface area contributed by atoms with Crippen LogP contribution in [0.3, 0.4) is 0 Å². The number of anilines is 1. The molecule has 1 aromatic carbocycles. The van der Waals surface area contributed by atoms with E-state index in [1.165, 1.54) is 14.0 Å². The summed E-state index contributed by atoms with van der Waals surface area (Å²) in [6, 6.07) is 7.05. The molecule has 0 atom stereocenters. The molecule has 0 aliphatic heterocycles. The summed E-state index contributed by atoms with van der Waals surface area (Å²) in [7, 11) is 1.52. The molecule has 2 aromatic rings. The normalized spacial score (nSPS) is 10.3. The minimum absolute atomic E-state index is 0.0901. The van der Waals surface area contributed by atoms with Crippen LogP contribution in [0.4, 0.5) is 5.69 Å². The molecule has 0 aliphatic rings. The van der Waals surface area contributed by atoms with E-state index in [0.717, 1.165) is 10.2 Å². The molecule has 0 fully saturated rings. The van der Waals surface area contributed by atoms with E-state index in [1.807, 2.05) is 0 Å². The van der Waals surface area contributed by atoms with E-state index in [-0.39, 0.29) is 11.5 Å². The van der Waals surface area contributed by atoms with Crippen LogP contribution in [0.1, 0.15) is 34.1 Å². The quantitative estimate of drug-likeness (QED) is 0.884. The molecule has 0 unspecified atom stereocenters. The van der Waals surface area contributed by atoms with Crippen molar-refractivity contribution in [2.45, 2.75) is 27.3 Å². The molecule has 0 bridgehead atoms. The Morgan fingerprint density at radius 2 is 1.79 bits per heavy atom. The molecular weight excluding hydrogens is 308 g/mol. The van der Waals surface area contributed by atoms with Crippen LogP contribution >= 0.6 is 0 Å². The summed E-state index contributed by atoms with van der Waals surface area (Å²) in [5.74, 6) is -0.569. The van der Waals surface area contributed by atoms with Crippen LogP contribution in [0, 0.1) is 13.8 Å². The number of aromatic nitrogens is 2. The van der Waals surface area contributed by atoms with Crippen molar-refractivity contribution in [1.82, 2.24) is 15.1 Å². The highest BCUT2D eigenvalue weighted by atomic mass is 16.2. The molecule has 1 aromatic heterocycles. The van der Waals surface area contributed by atoms with Crippen LogP contribution < -0.4 is 16.2 Å². The van der Waals surface area contributed by atoms with Gasteiger partial charge >= 0.3 is 0 Å².